The summed E-state index contributed by atoms with van der Waals surface area (Å²) in [6.45, 7) is 12.2. The van der Waals surface area contributed by atoms with Gasteiger partial charge in [0.15, 0.2) is 0 Å². The molecule has 1 aliphatic heterocycles. The molecule has 1 aromatic rings. The lowest BCUT2D eigenvalue weighted by atomic mass is 10.1. The quantitative estimate of drug-likeness (QED) is 0.902. The molecule has 106 valence electrons. The maximum atomic E-state index is 4.29. The number of hydrogen-bond donors (Lipinski definition) is 1. The van der Waals surface area contributed by atoms with Crippen LogP contribution in [-0.4, -0.2) is 23.6 Å². The largest absolute Gasteiger partial charge is 0.371 e. The van der Waals surface area contributed by atoms with Crippen LogP contribution in [0, 0.1) is 5.92 Å². The summed E-state index contributed by atoms with van der Waals surface area (Å²) in [4.78, 5) is 6.81. The van der Waals surface area contributed by atoms with Crippen LogP contribution in [0.25, 0.3) is 0 Å². The van der Waals surface area contributed by atoms with Gasteiger partial charge in [-0.25, -0.2) is 0 Å². The molecule has 1 N–H and O–H groups in total. The molecule has 2 heterocycles. The van der Waals surface area contributed by atoms with Crippen molar-refractivity contribution in [3.63, 3.8) is 0 Å². The van der Waals surface area contributed by atoms with Gasteiger partial charge in [0.2, 0.25) is 0 Å². The maximum absolute atomic E-state index is 4.29. The van der Waals surface area contributed by atoms with Crippen LogP contribution in [0.1, 0.15) is 46.1 Å². The van der Waals surface area contributed by atoms with Crippen molar-refractivity contribution in [3.05, 3.63) is 24.0 Å². The minimum absolute atomic E-state index is 0.143. The lowest BCUT2D eigenvalue weighted by molar-refractivity contribution is 0.424. The van der Waals surface area contributed by atoms with Crippen LogP contribution in [0.5, 0.6) is 0 Å². The first-order valence-electron chi connectivity index (χ1n) is 7.42. The number of nitrogens with zero attached hydrogens (tertiary/aromatic N) is 2. The van der Waals surface area contributed by atoms with Gasteiger partial charge in [-0.05, 0) is 39.2 Å². The number of nitrogens with one attached hydrogen (secondary N) is 1. The van der Waals surface area contributed by atoms with E-state index in [1.54, 1.807) is 0 Å². The molecule has 2 rings (SSSR count). The van der Waals surface area contributed by atoms with Crippen molar-refractivity contribution in [3.8, 4) is 0 Å². The Balaban J connectivity index is 2.08. The highest BCUT2D eigenvalue weighted by Crippen LogP contribution is 2.28. The average Bonchev–Trinajstić information content (AvgIpc) is 2.84. The molecular weight excluding hydrogens is 234 g/mol. The molecule has 1 unspecified atom stereocenters. The van der Waals surface area contributed by atoms with Gasteiger partial charge in [-0.2, -0.15) is 0 Å². The van der Waals surface area contributed by atoms with E-state index in [0.29, 0.717) is 0 Å². The summed E-state index contributed by atoms with van der Waals surface area (Å²) in [6.07, 6.45) is 6.53. The van der Waals surface area contributed by atoms with Gasteiger partial charge in [-0.1, -0.05) is 13.3 Å². The highest BCUT2D eigenvalue weighted by Gasteiger charge is 2.23. The van der Waals surface area contributed by atoms with Gasteiger partial charge in [0.1, 0.15) is 0 Å². The van der Waals surface area contributed by atoms with Gasteiger partial charge in [0, 0.05) is 48.8 Å². The molecule has 0 bridgehead atoms. The fourth-order valence-electron chi connectivity index (χ4n) is 2.61. The molecule has 1 saturated heterocycles. The highest BCUT2D eigenvalue weighted by atomic mass is 15.2. The zero-order valence-corrected chi connectivity index (χ0v) is 12.7. The predicted octanol–water partition coefficient (Wildman–Crippen LogP) is 3.21. The Morgan fingerprint density at radius 3 is 2.84 bits per heavy atom. The summed E-state index contributed by atoms with van der Waals surface area (Å²) < 4.78 is 0. The number of anilines is 1. The van der Waals surface area contributed by atoms with E-state index >= 15 is 0 Å². The summed E-state index contributed by atoms with van der Waals surface area (Å²) >= 11 is 0. The zero-order chi connectivity index (χ0) is 13.9. The first kappa shape index (κ1) is 14.3. The molecule has 3 heteroatoms. The number of aromatic nitrogens is 1. The van der Waals surface area contributed by atoms with Gasteiger partial charge in [-0.15, -0.1) is 0 Å². The molecule has 0 amide bonds. The molecule has 1 aliphatic rings. The SMILES string of the molecule is CCC1CCN(c2ccncc2CNC(C)(C)C)C1. The molecule has 0 spiro atoms. The molecular formula is C16H27N3. The molecule has 1 atom stereocenters. The fraction of sp³-hybridized carbons (Fsp3) is 0.688. The van der Waals surface area contributed by atoms with E-state index in [4.69, 9.17) is 0 Å². The van der Waals surface area contributed by atoms with Crippen molar-refractivity contribution in [2.24, 2.45) is 5.92 Å². The Morgan fingerprint density at radius 2 is 2.21 bits per heavy atom. The van der Waals surface area contributed by atoms with Gasteiger partial charge >= 0.3 is 0 Å². The second kappa shape index (κ2) is 5.91. The average molecular weight is 261 g/mol. The molecule has 1 fully saturated rings. The van der Waals surface area contributed by atoms with E-state index in [-0.39, 0.29) is 5.54 Å². The lowest BCUT2D eigenvalue weighted by Gasteiger charge is -2.25. The monoisotopic (exact) mass is 261 g/mol. The maximum Gasteiger partial charge on any atom is 0.0442 e. The molecule has 0 aliphatic carbocycles. The van der Waals surface area contributed by atoms with E-state index in [0.717, 1.165) is 12.5 Å². The standard InChI is InChI=1S/C16H27N3/c1-5-13-7-9-19(12-13)15-6-8-17-10-14(15)11-18-16(2,3)4/h6,8,10,13,18H,5,7,9,11-12H2,1-4H3. The Bertz CT molecular complexity index is 409. The Hall–Kier alpha value is -1.09. The third-order valence-electron chi connectivity index (χ3n) is 3.89. The zero-order valence-electron chi connectivity index (χ0n) is 12.7. The summed E-state index contributed by atoms with van der Waals surface area (Å²) in [5.41, 5.74) is 2.82. The van der Waals surface area contributed by atoms with E-state index < -0.39 is 0 Å². The van der Waals surface area contributed by atoms with Crippen molar-refractivity contribution in [1.82, 2.24) is 10.3 Å². The Morgan fingerprint density at radius 1 is 1.42 bits per heavy atom. The summed E-state index contributed by atoms with van der Waals surface area (Å²) in [5, 5.41) is 3.56. The van der Waals surface area contributed by atoms with Crippen molar-refractivity contribution in [2.45, 2.75) is 52.6 Å². The fourth-order valence-corrected chi connectivity index (χ4v) is 2.61. The third-order valence-corrected chi connectivity index (χ3v) is 3.89. The van der Waals surface area contributed by atoms with Gasteiger partial charge < -0.3 is 10.2 Å². The van der Waals surface area contributed by atoms with Crippen LogP contribution in [0.4, 0.5) is 5.69 Å². The highest BCUT2D eigenvalue weighted by molar-refractivity contribution is 5.53. The first-order chi connectivity index (χ1) is 8.99. The predicted molar refractivity (Wildman–Crippen MR) is 81.4 cm³/mol. The Kier molecular flexibility index (Phi) is 4.46. The van der Waals surface area contributed by atoms with Crippen molar-refractivity contribution < 1.29 is 0 Å². The van der Waals surface area contributed by atoms with Crippen LogP contribution in [0.2, 0.25) is 0 Å². The van der Waals surface area contributed by atoms with Crippen LogP contribution < -0.4 is 10.2 Å². The molecule has 0 aromatic carbocycles. The second-order valence-electron chi connectivity index (χ2n) is 6.62. The van der Waals surface area contributed by atoms with Gasteiger partial charge in [-0.3, -0.25) is 4.98 Å². The molecule has 0 saturated carbocycles. The topological polar surface area (TPSA) is 28.2 Å². The minimum Gasteiger partial charge on any atom is -0.371 e. The van der Waals surface area contributed by atoms with Gasteiger partial charge in [0.05, 0.1) is 0 Å². The van der Waals surface area contributed by atoms with Crippen LogP contribution in [0.3, 0.4) is 0 Å². The lowest BCUT2D eigenvalue weighted by Crippen LogP contribution is -2.35. The van der Waals surface area contributed by atoms with E-state index in [9.17, 15) is 0 Å². The van der Waals surface area contributed by atoms with Crippen molar-refractivity contribution in [1.29, 1.82) is 0 Å². The molecule has 3 nitrogen and oxygen atoms in total. The normalized spacial score (nSPS) is 20.0. The summed E-state index contributed by atoms with van der Waals surface area (Å²) in [7, 11) is 0. The van der Waals surface area contributed by atoms with Crippen LogP contribution >= 0.6 is 0 Å². The summed E-state index contributed by atoms with van der Waals surface area (Å²) in [6, 6.07) is 2.16. The Labute approximate surface area is 117 Å². The van der Waals surface area contributed by atoms with E-state index in [1.165, 1.54) is 37.2 Å². The van der Waals surface area contributed by atoms with Crippen molar-refractivity contribution >= 4 is 5.69 Å². The minimum atomic E-state index is 0.143. The number of pyridine rings is 1. The van der Waals surface area contributed by atoms with Crippen LogP contribution in [-0.2, 0) is 6.54 Å². The molecule has 1 aromatic heterocycles. The summed E-state index contributed by atoms with van der Waals surface area (Å²) in [5.74, 6) is 0.858. The molecule has 19 heavy (non-hydrogen) atoms. The van der Waals surface area contributed by atoms with E-state index in [1.807, 2.05) is 12.4 Å². The molecule has 0 radical (unpaired) electrons. The smallest absolute Gasteiger partial charge is 0.0442 e. The number of hydrogen-bond acceptors (Lipinski definition) is 3. The number of rotatable bonds is 4. The van der Waals surface area contributed by atoms with Crippen molar-refractivity contribution in [2.75, 3.05) is 18.0 Å². The van der Waals surface area contributed by atoms with E-state index in [2.05, 4.69) is 49.0 Å². The van der Waals surface area contributed by atoms with Gasteiger partial charge in [0.25, 0.3) is 0 Å². The van der Waals surface area contributed by atoms with Crippen LogP contribution in [0.15, 0.2) is 18.5 Å². The second-order valence-corrected chi connectivity index (χ2v) is 6.62. The third kappa shape index (κ3) is 3.93. The first-order valence-corrected chi connectivity index (χ1v) is 7.42.